The van der Waals surface area contributed by atoms with E-state index in [0.717, 1.165) is 13.0 Å². The zero-order valence-corrected chi connectivity index (χ0v) is 12.4. The van der Waals surface area contributed by atoms with Gasteiger partial charge in [0.1, 0.15) is 5.69 Å². The van der Waals surface area contributed by atoms with E-state index in [2.05, 4.69) is 9.97 Å². The number of aryl methyl sites for hydroxylation is 1. The fourth-order valence-electron chi connectivity index (χ4n) is 2.71. The van der Waals surface area contributed by atoms with Gasteiger partial charge in [-0.15, -0.1) is 0 Å². The molecule has 1 saturated heterocycles. The highest BCUT2D eigenvalue weighted by atomic mass is 19.1. The second-order valence-electron chi connectivity index (χ2n) is 5.35. The number of pyridine rings is 1. The lowest BCUT2D eigenvalue weighted by Gasteiger charge is -2.23. The number of hydrogen-bond acceptors (Lipinski definition) is 4. The Kier molecular flexibility index (Phi) is 4.04. The van der Waals surface area contributed by atoms with Gasteiger partial charge in [0, 0.05) is 39.4 Å². The van der Waals surface area contributed by atoms with Crippen LogP contribution in [0.25, 0.3) is 0 Å². The maximum absolute atomic E-state index is 13.8. The maximum Gasteiger partial charge on any atom is 0.272 e. The van der Waals surface area contributed by atoms with Crippen LogP contribution in [0.1, 0.15) is 16.9 Å². The highest BCUT2D eigenvalue weighted by Crippen LogP contribution is 2.19. The normalized spacial score (nSPS) is 15.7. The van der Waals surface area contributed by atoms with Crippen LogP contribution in [0, 0.1) is 5.82 Å². The van der Waals surface area contributed by atoms with Crippen molar-refractivity contribution in [2.45, 2.75) is 6.42 Å². The quantitative estimate of drug-likeness (QED) is 0.839. The Labute approximate surface area is 128 Å². The molecule has 6 nitrogen and oxygen atoms in total. The molecule has 0 aliphatic carbocycles. The maximum atomic E-state index is 13.8. The van der Waals surface area contributed by atoms with Crippen LogP contribution in [0.3, 0.4) is 0 Å². The van der Waals surface area contributed by atoms with Gasteiger partial charge in [-0.2, -0.15) is 0 Å². The van der Waals surface area contributed by atoms with E-state index in [1.54, 1.807) is 41.3 Å². The second-order valence-corrected chi connectivity index (χ2v) is 5.35. The third-order valence-corrected chi connectivity index (χ3v) is 3.91. The average molecular weight is 303 g/mol. The van der Waals surface area contributed by atoms with Crippen LogP contribution >= 0.6 is 0 Å². The molecule has 0 N–H and O–H groups in total. The summed E-state index contributed by atoms with van der Waals surface area (Å²) in [6, 6.07) is 1.67. The molecular weight excluding hydrogens is 285 g/mol. The Hall–Kier alpha value is -2.44. The first-order valence-electron chi connectivity index (χ1n) is 7.27. The molecule has 0 saturated carbocycles. The zero-order valence-electron chi connectivity index (χ0n) is 12.4. The van der Waals surface area contributed by atoms with E-state index in [1.165, 1.54) is 6.20 Å². The van der Waals surface area contributed by atoms with Crippen LogP contribution in [0.2, 0.25) is 0 Å². The van der Waals surface area contributed by atoms with Gasteiger partial charge < -0.3 is 14.4 Å². The minimum absolute atomic E-state index is 0.0305. The van der Waals surface area contributed by atoms with Crippen molar-refractivity contribution in [3.63, 3.8) is 0 Å². The molecule has 1 aliphatic rings. The third-order valence-electron chi connectivity index (χ3n) is 3.91. The number of hydrogen-bond donors (Lipinski definition) is 0. The predicted octanol–water partition coefficient (Wildman–Crippen LogP) is 1.31. The first kappa shape index (κ1) is 14.5. The Morgan fingerprint density at radius 2 is 2.05 bits per heavy atom. The standard InChI is InChI=1S/C15H18FN5O/c1-19-11-18-10-14(19)15(22)21-6-2-5-20(7-8-21)13-3-4-17-9-12(13)16/h3-4,9-11H,2,5-8H2,1H3. The fourth-order valence-corrected chi connectivity index (χ4v) is 2.71. The van der Waals surface area contributed by atoms with Gasteiger partial charge >= 0.3 is 0 Å². The first-order chi connectivity index (χ1) is 10.7. The van der Waals surface area contributed by atoms with E-state index in [-0.39, 0.29) is 11.7 Å². The lowest BCUT2D eigenvalue weighted by atomic mass is 10.3. The van der Waals surface area contributed by atoms with E-state index < -0.39 is 0 Å². The summed E-state index contributed by atoms with van der Waals surface area (Å²) in [5.41, 5.74) is 1.12. The van der Waals surface area contributed by atoms with E-state index in [9.17, 15) is 9.18 Å². The summed E-state index contributed by atoms with van der Waals surface area (Å²) in [6.07, 6.45) is 6.79. The van der Waals surface area contributed by atoms with E-state index in [0.29, 0.717) is 31.0 Å². The topological polar surface area (TPSA) is 54.3 Å². The van der Waals surface area contributed by atoms with Crippen LogP contribution in [0.4, 0.5) is 10.1 Å². The summed E-state index contributed by atoms with van der Waals surface area (Å²) in [7, 11) is 1.80. The van der Waals surface area contributed by atoms with Crippen LogP contribution < -0.4 is 4.90 Å². The van der Waals surface area contributed by atoms with Gasteiger partial charge in [-0.25, -0.2) is 9.37 Å². The molecule has 1 aliphatic heterocycles. The van der Waals surface area contributed by atoms with Crippen molar-refractivity contribution in [2.75, 3.05) is 31.1 Å². The number of aromatic nitrogens is 3. The number of anilines is 1. The van der Waals surface area contributed by atoms with Crippen molar-refractivity contribution in [1.29, 1.82) is 0 Å². The molecule has 3 rings (SSSR count). The number of carbonyl (C=O) groups excluding carboxylic acids is 1. The minimum atomic E-state index is -0.325. The summed E-state index contributed by atoms with van der Waals surface area (Å²) in [5, 5.41) is 0. The van der Waals surface area contributed by atoms with Crippen molar-refractivity contribution in [3.05, 3.63) is 42.5 Å². The van der Waals surface area contributed by atoms with Gasteiger partial charge in [0.25, 0.3) is 5.91 Å². The monoisotopic (exact) mass is 303 g/mol. The zero-order chi connectivity index (χ0) is 15.5. The number of carbonyl (C=O) groups is 1. The van der Waals surface area contributed by atoms with E-state index in [1.807, 2.05) is 4.90 Å². The second kappa shape index (κ2) is 6.13. The molecule has 3 heterocycles. The smallest absolute Gasteiger partial charge is 0.272 e. The van der Waals surface area contributed by atoms with Gasteiger partial charge in [0.15, 0.2) is 5.82 Å². The van der Waals surface area contributed by atoms with Crippen LogP contribution in [0.15, 0.2) is 31.0 Å². The lowest BCUT2D eigenvalue weighted by molar-refractivity contribution is 0.0757. The number of imidazole rings is 1. The highest BCUT2D eigenvalue weighted by molar-refractivity contribution is 5.92. The Bertz CT molecular complexity index is 671. The lowest BCUT2D eigenvalue weighted by Crippen LogP contribution is -2.36. The van der Waals surface area contributed by atoms with Crippen molar-refractivity contribution < 1.29 is 9.18 Å². The summed E-state index contributed by atoms with van der Waals surface area (Å²) >= 11 is 0. The molecule has 22 heavy (non-hydrogen) atoms. The molecule has 116 valence electrons. The van der Waals surface area contributed by atoms with Crippen LogP contribution in [-0.2, 0) is 7.05 Å². The molecule has 0 spiro atoms. The highest BCUT2D eigenvalue weighted by Gasteiger charge is 2.23. The molecule has 1 fully saturated rings. The predicted molar refractivity (Wildman–Crippen MR) is 80.1 cm³/mol. The van der Waals surface area contributed by atoms with Crippen molar-refractivity contribution in [1.82, 2.24) is 19.4 Å². The van der Waals surface area contributed by atoms with Gasteiger partial charge in [-0.1, -0.05) is 0 Å². The molecule has 0 unspecified atom stereocenters. The molecule has 0 aromatic carbocycles. The molecule has 0 radical (unpaired) electrons. The van der Waals surface area contributed by atoms with Crippen molar-refractivity contribution >= 4 is 11.6 Å². The Morgan fingerprint density at radius 1 is 1.18 bits per heavy atom. The Balaban J connectivity index is 1.72. The van der Waals surface area contributed by atoms with Crippen LogP contribution in [0.5, 0.6) is 0 Å². The number of rotatable bonds is 2. The molecule has 0 bridgehead atoms. The number of nitrogens with zero attached hydrogens (tertiary/aromatic N) is 5. The van der Waals surface area contributed by atoms with E-state index in [4.69, 9.17) is 0 Å². The van der Waals surface area contributed by atoms with Gasteiger partial charge in [0.2, 0.25) is 0 Å². The molecule has 2 aromatic heterocycles. The van der Waals surface area contributed by atoms with Crippen LogP contribution in [-0.4, -0.2) is 51.5 Å². The average Bonchev–Trinajstić information content (AvgIpc) is 2.80. The Morgan fingerprint density at radius 3 is 2.77 bits per heavy atom. The molecular formula is C15H18FN5O. The summed E-state index contributed by atoms with van der Waals surface area (Å²) in [4.78, 5) is 24.0. The molecule has 7 heteroatoms. The largest absolute Gasteiger partial charge is 0.367 e. The number of halogens is 1. The van der Waals surface area contributed by atoms with Gasteiger partial charge in [-0.3, -0.25) is 9.78 Å². The molecule has 1 amide bonds. The summed E-state index contributed by atoms with van der Waals surface area (Å²) in [6.45, 7) is 2.54. The van der Waals surface area contributed by atoms with E-state index >= 15 is 0 Å². The fraction of sp³-hybridized carbons (Fsp3) is 0.400. The SMILES string of the molecule is Cn1cncc1C(=O)N1CCCN(c2ccncc2F)CC1. The number of amides is 1. The van der Waals surface area contributed by atoms with Crippen molar-refractivity contribution in [3.8, 4) is 0 Å². The molecule has 0 atom stereocenters. The third kappa shape index (κ3) is 2.79. The summed E-state index contributed by atoms with van der Waals surface area (Å²) < 4.78 is 15.6. The summed E-state index contributed by atoms with van der Waals surface area (Å²) in [5.74, 6) is -0.356. The molecule has 2 aromatic rings. The van der Waals surface area contributed by atoms with Crippen molar-refractivity contribution in [2.24, 2.45) is 7.05 Å². The minimum Gasteiger partial charge on any atom is -0.367 e. The van der Waals surface area contributed by atoms with Gasteiger partial charge in [0.05, 0.1) is 24.4 Å². The van der Waals surface area contributed by atoms with Gasteiger partial charge in [-0.05, 0) is 12.5 Å². The first-order valence-corrected chi connectivity index (χ1v) is 7.27.